The van der Waals surface area contributed by atoms with Crippen LogP contribution in [0.1, 0.15) is 24.4 Å². The van der Waals surface area contributed by atoms with E-state index in [0.29, 0.717) is 33.5 Å². The third-order valence-corrected chi connectivity index (χ3v) is 7.44. The van der Waals surface area contributed by atoms with E-state index >= 15 is 0 Å². The molecule has 0 bridgehead atoms. The number of nitrogens with zero attached hydrogens (tertiary/aromatic N) is 6. The van der Waals surface area contributed by atoms with E-state index in [-0.39, 0.29) is 30.2 Å². The molecular weight excluding hydrogens is 577 g/mol. The molecule has 0 fully saturated rings. The van der Waals surface area contributed by atoms with Gasteiger partial charge in [-0.05, 0) is 54.8 Å². The van der Waals surface area contributed by atoms with Gasteiger partial charge in [0.15, 0.2) is 11.9 Å². The number of benzene rings is 2. The molecule has 40 heavy (non-hydrogen) atoms. The second kappa shape index (κ2) is 11.0. The molecule has 0 saturated carbocycles. The number of hydrogen-bond acceptors (Lipinski definition) is 11. The van der Waals surface area contributed by atoms with Crippen LogP contribution in [0.5, 0.6) is 6.01 Å². The first-order chi connectivity index (χ1) is 19.5. The highest BCUT2D eigenvalue weighted by Crippen LogP contribution is 2.34. The van der Waals surface area contributed by atoms with Crippen molar-refractivity contribution in [3.05, 3.63) is 87.5 Å². The molecule has 6 rings (SSSR count). The maximum absolute atomic E-state index is 11.6. The van der Waals surface area contributed by atoms with Gasteiger partial charge in [-0.1, -0.05) is 51.7 Å². The van der Waals surface area contributed by atoms with E-state index in [1.165, 1.54) is 0 Å². The van der Waals surface area contributed by atoms with E-state index in [1.807, 2.05) is 29.0 Å². The number of aliphatic hydroxyl groups is 1. The van der Waals surface area contributed by atoms with Gasteiger partial charge < -0.3 is 19.2 Å². The fourth-order valence-corrected chi connectivity index (χ4v) is 5.21. The Morgan fingerprint density at radius 2 is 1.85 bits per heavy atom. The first-order valence-corrected chi connectivity index (χ1v) is 13.8. The van der Waals surface area contributed by atoms with E-state index in [1.54, 1.807) is 59.9 Å². The Hall–Kier alpha value is -3.81. The summed E-state index contributed by atoms with van der Waals surface area (Å²) in [5, 5.41) is 27.0. The maximum atomic E-state index is 11.6. The van der Waals surface area contributed by atoms with Crippen LogP contribution in [-0.4, -0.2) is 48.2 Å². The predicted octanol–water partition coefficient (Wildman–Crippen LogP) is 5.17. The summed E-state index contributed by atoms with van der Waals surface area (Å²) in [4.78, 5) is 15.7. The molecule has 0 aliphatic carbocycles. The molecule has 0 spiro atoms. The normalized spacial score (nSPS) is 17.4. The lowest BCUT2D eigenvalue weighted by molar-refractivity contribution is -0.0263. The Morgan fingerprint density at radius 3 is 2.58 bits per heavy atom. The minimum atomic E-state index is -1.58. The summed E-state index contributed by atoms with van der Waals surface area (Å²) in [5.41, 5.74) is 2.43. The molecule has 0 amide bonds. The van der Waals surface area contributed by atoms with E-state index in [4.69, 9.17) is 37.3 Å². The minimum absolute atomic E-state index is 0.0398. The maximum Gasteiger partial charge on any atom is 0.317 e. The van der Waals surface area contributed by atoms with Crippen molar-refractivity contribution in [1.29, 1.82) is 0 Å². The van der Waals surface area contributed by atoms with Crippen LogP contribution in [-0.2, 0) is 11.4 Å². The van der Waals surface area contributed by atoms with Gasteiger partial charge in [0.05, 0.1) is 4.88 Å². The summed E-state index contributed by atoms with van der Waals surface area (Å²) in [7, 11) is 0. The molecule has 4 heterocycles. The summed E-state index contributed by atoms with van der Waals surface area (Å²) >= 11 is 13.8. The average molecular weight is 598 g/mol. The Kier molecular flexibility index (Phi) is 7.26. The fraction of sp³-hybridized carbons (Fsp3) is 0.192. The van der Waals surface area contributed by atoms with Crippen molar-refractivity contribution in [3.8, 4) is 28.2 Å². The number of rotatable bonds is 9. The summed E-state index contributed by atoms with van der Waals surface area (Å²) in [6.45, 7) is 2.29. The van der Waals surface area contributed by atoms with Crippen LogP contribution in [0.4, 0.5) is 0 Å². The molecule has 5 aromatic rings. The fourth-order valence-electron chi connectivity index (χ4n) is 4.11. The second-order valence-corrected chi connectivity index (χ2v) is 10.6. The van der Waals surface area contributed by atoms with E-state index in [2.05, 4.69) is 30.8 Å². The molecule has 0 saturated heterocycles. The lowest BCUT2D eigenvalue weighted by atomic mass is 10.0. The zero-order valence-corrected chi connectivity index (χ0v) is 23.2. The monoisotopic (exact) mass is 597 g/mol. The van der Waals surface area contributed by atoms with Crippen LogP contribution in [0.15, 0.2) is 75.6 Å². The van der Waals surface area contributed by atoms with Gasteiger partial charge in [0.2, 0.25) is 17.4 Å². The van der Waals surface area contributed by atoms with Crippen molar-refractivity contribution in [2.75, 3.05) is 6.61 Å². The van der Waals surface area contributed by atoms with Crippen molar-refractivity contribution in [1.82, 2.24) is 30.4 Å². The van der Waals surface area contributed by atoms with Gasteiger partial charge in [-0.2, -0.15) is 4.98 Å². The highest BCUT2D eigenvalue weighted by atomic mass is 35.5. The third kappa shape index (κ3) is 5.07. The van der Waals surface area contributed by atoms with Gasteiger partial charge in [0.1, 0.15) is 6.61 Å². The molecule has 1 aliphatic heterocycles. The molecule has 1 aliphatic rings. The zero-order valence-electron chi connectivity index (χ0n) is 20.9. The molecule has 2 N–H and O–H groups in total. The molecule has 11 nitrogen and oxygen atoms in total. The minimum Gasteiger partial charge on any atom is -0.459 e. The molecule has 14 heteroatoms. The smallest absolute Gasteiger partial charge is 0.317 e. The Labute approximate surface area is 242 Å². The summed E-state index contributed by atoms with van der Waals surface area (Å²) in [6, 6.07) is 18.1. The van der Waals surface area contributed by atoms with E-state index in [0.717, 1.165) is 4.88 Å². The molecule has 3 aromatic heterocycles. The lowest BCUT2D eigenvalue weighted by Crippen LogP contribution is -2.50. The van der Waals surface area contributed by atoms with Crippen molar-refractivity contribution in [2.45, 2.75) is 25.2 Å². The van der Waals surface area contributed by atoms with Crippen LogP contribution < -0.4 is 10.2 Å². The standard InChI is InChI=1S/C26H21Cl2N7O4S/c1-2-35-22(19-10-5-11-40-19)31-32-25(35)37-14-26(30-24(39-34-26)16-7-4-9-18(28)13-16)20(36)21-29-23(38-33-21)15-6-3-8-17(27)12-15/h3-13,20,34,36H,2,14H2,1H3. The lowest BCUT2D eigenvalue weighted by Gasteiger charge is -2.27. The van der Waals surface area contributed by atoms with E-state index in [9.17, 15) is 5.11 Å². The molecule has 0 radical (unpaired) electrons. The Morgan fingerprint density at radius 1 is 1.07 bits per heavy atom. The molecule has 2 atom stereocenters. The van der Waals surface area contributed by atoms with Crippen molar-refractivity contribution in [2.24, 2.45) is 4.99 Å². The first-order valence-electron chi connectivity index (χ1n) is 12.1. The third-order valence-electron chi connectivity index (χ3n) is 6.10. The molecule has 2 unspecified atom stereocenters. The number of ether oxygens (including phenoxy) is 1. The quantitative estimate of drug-likeness (QED) is 0.236. The summed E-state index contributed by atoms with van der Waals surface area (Å²) in [6.07, 6.45) is -1.46. The largest absolute Gasteiger partial charge is 0.459 e. The Balaban J connectivity index is 1.34. The van der Waals surface area contributed by atoms with Crippen molar-refractivity contribution >= 4 is 40.4 Å². The Bertz CT molecular complexity index is 1670. The number of halogens is 2. The SMILES string of the molecule is CCn1c(OCC2(C(O)c3noc(-c4cccc(Cl)c4)n3)N=C(c3cccc(Cl)c3)ON2)nnc1-c1cccs1. The van der Waals surface area contributed by atoms with E-state index < -0.39 is 11.8 Å². The van der Waals surface area contributed by atoms with Gasteiger partial charge in [0, 0.05) is 27.7 Å². The second-order valence-electron chi connectivity index (χ2n) is 8.74. The topological polar surface area (TPSA) is 133 Å². The van der Waals surface area contributed by atoms with Gasteiger partial charge in [0.25, 0.3) is 5.89 Å². The van der Waals surface area contributed by atoms with Gasteiger partial charge in [-0.25, -0.2) is 4.99 Å². The number of aromatic nitrogens is 5. The number of aliphatic hydroxyl groups excluding tert-OH is 1. The van der Waals surface area contributed by atoms with Crippen LogP contribution >= 0.6 is 34.5 Å². The average Bonchev–Trinajstić information content (AvgIpc) is 3.78. The van der Waals surface area contributed by atoms with Crippen molar-refractivity contribution < 1.29 is 19.2 Å². The van der Waals surface area contributed by atoms with Gasteiger partial charge in [-0.15, -0.1) is 21.9 Å². The number of hydroxylamine groups is 1. The van der Waals surface area contributed by atoms with Gasteiger partial charge >= 0.3 is 6.01 Å². The highest BCUT2D eigenvalue weighted by molar-refractivity contribution is 7.13. The predicted molar refractivity (Wildman–Crippen MR) is 149 cm³/mol. The summed E-state index contributed by atoms with van der Waals surface area (Å²) in [5.74, 6) is 1.00. The first kappa shape index (κ1) is 26.4. The number of nitrogens with one attached hydrogen (secondary N) is 1. The molecule has 204 valence electrons. The molecule has 2 aromatic carbocycles. The van der Waals surface area contributed by atoms with Crippen LogP contribution in [0, 0.1) is 0 Å². The zero-order chi connectivity index (χ0) is 27.7. The number of aliphatic imine (C=N–C) groups is 1. The highest BCUT2D eigenvalue weighted by Gasteiger charge is 2.48. The van der Waals surface area contributed by atoms with Crippen LogP contribution in [0.3, 0.4) is 0 Å². The van der Waals surface area contributed by atoms with Gasteiger partial charge in [-0.3, -0.25) is 4.57 Å². The van der Waals surface area contributed by atoms with Crippen molar-refractivity contribution in [3.63, 3.8) is 0 Å². The summed E-state index contributed by atoms with van der Waals surface area (Å²) < 4.78 is 13.4. The molecular formula is C26H21Cl2N7O4S. The van der Waals surface area contributed by atoms with Crippen LogP contribution in [0.25, 0.3) is 22.2 Å². The number of hydrogen-bond donors (Lipinski definition) is 2. The number of thiophene rings is 1. The van der Waals surface area contributed by atoms with Crippen LogP contribution in [0.2, 0.25) is 10.0 Å².